The Kier molecular flexibility index (Phi) is 9.45. The van der Waals surface area contributed by atoms with E-state index in [9.17, 15) is 14.7 Å². The second-order valence-corrected chi connectivity index (χ2v) is 24.6. The molecule has 1 saturated heterocycles. The zero-order chi connectivity index (χ0) is 38.5. The number of carbonyl (C=O) groups is 2. The summed E-state index contributed by atoms with van der Waals surface area (Å²) in [5, 5.41) is 17.2. The van der Waals surface area contributed by atoms with Gasteiger partial charge in [0, 0.05) is 5.41 Å². The second-order valence-electron chi connectivity index (χ2n) is 19.8. The van der Waals surface area contributed by atoms with Crippen LogP contribution in [-0.4, -0.2) is 65.7 Å². The number of aromatic nitrogens is 2. The summed E-state index contributed by atoms with van der Waals surface area (Å²) in [5.41, 5.74) is 1.93. The van der Waals surface area contributed by atoms with Crippen LogP contribution < -0.4 is 4.74 Å². The van der Waals surface area contributed by atoms with Crippen molar-refractivity contribution in [3.05, 3.63) is 47.3 Å². The number of aliphatic hydroxyl groups excluding tert-OH is 1. The quantitative estimate of drug-likeness (QED) is 0.163. The first kappa shape index (κ1) is 38.6. The van der Waals surface area contributed by atoms with E-state index in [4.69, 9.17) is 23.7 Å². The molecule has 1 aromatic heterocycles. The molecule has 3 saturated carbocycles. The molecule has 0 radical (unpaired) electrons. The fourth-order valence-electron chi connectivity index (χ4n) is 10.6. The lowest BCUT2D eigenvalue weighted by atomic mass is 9.45. The van der Waals surface area contributed by atoms with E-state index >= 15 is 0 Å². The van der Waals surface area contributed by atoms with Crippen LogP contribution in [0.5, 0.6) is 5.75 Å². The summed E-state index contributed by atoms with van der Waals surface area (Å²) >= 11 is 0. The van der Waals surface area contributed by atoms with Crippen LogP contribution in [0.3, 0.4) is 0 Å². The Morgan fingerprint density at radius 2 is 1.79 bits per heavy atom. The monoisotopic (exact) mass is 746 g/mol. The molecule has 1 aromatic carbocycles. The number of hydrogen-bond acceptors (Lipinski definition) is 8. The number of carbonyl (C=O) groups excluding carboxylic acids is 2. The van der Waals surface area contributed by atoms with Crippen molar-refractivity contribution in [2.75, 3.05) is 6.61 Å². The van der Waals surface area contributed by atoms with Crippen molar-refractivity contribution in [3.63, 3.8) is 0 Å². The second kappa shape index (κ2) is 13.0. The van der Waals surface area contributed by atoms with E-state index in [0.717, 1.165) is 55.5 Å². The van der Waals surface area contributed by atoms with Crippen LogP contribution in [0.1, 0.15) is 112 Å². The average Bonchev–Trinajstić information content (AvgIpc) is 3.71. The number of ketones is 1. The molecular formula is C43H62N2O7Si. The summed E-state index contributed by atoms with van der Waals surface area (Å²) < 4.78 is 27.7. The predicted octanol–water partition coefficient (Wildman–Crippen LogP) is 8.46. The highest BCUT2D eigenvalue weighted by Crippen LogP contribution is 2.70. The van der Waals surface area contributed by atoms with Crippen molar-refractivity contribution < 1.29 is 33.3 Å². The van der Waals surface area contributed by atoms with Crippen molar-refractivity contribution in [3.8, 4) is 11.4 Å². The van der Waals surface area contributed by atoms with Gasteiger partial charge in [0.25, 0.3) is 0 Å². The third kappa shape index (κ3) is 6.04. The maximum Gasteiger partial charge on any atom is 0.316 e. The maximum absolute atomic E-state index is 14.7. The number of Topliss-reactive ketones (excluding diaryl/α,β-unsaturated/α-hetero) is 1. The summed E-state index contributed by atoms with van der Waals surface area (Å²) in [6.45, 7) is 23.2. The van der Waals surface area contributed by atoms with Gasteiger partial charge in [0.2, 0.25) is 0 Å². The van der Waals surface area contributed by atoms with Gasteiger partial charge in [0.1, 0.15) is 5.75 Å². The molecule has 0 spiro atoms. The van der Waals surface area contributed by atoms with Crippen molar-refractivity contribution in [2.45, 2.75) is 149 Å². The minimum absolute atomic E-state index is 0.0145. The predicted molar refractivity (Wildman–Crippen MR) is 207 cm³/mol. The van der Waals surface area contributed by atoms with E-state index in [-0.39, 0.29) is 52.7 Å². The van der Waals surface area contributed by atoms with Crippen molar-refractivity contribution >= 4 is 26.1 Å². The Hall–Kier alpha value is -2.63. The van der Waals surface area contributed by atoms with Gasteiger partial charge in [-0.25, -0.2) is 4.68 Å². The number of allylic oxidation sites excluding steroid dienone is 1. The third-order valence-corrected chi connectivity index (χ3v) is 18.9. The summed E-state index contributed by atoms with van der Waals surface area (Å²) in [5.74, 6) is 0.657. The molecule has 0 bridgehead atoms. The molecule has 1 N–H and O–H groups in total. The summed E-state index contributed by atoms with van der Waals surface area (Å²) in [6.07, 6.45) is 8.45. The average molecular weight is 747 g/mol. The minimum Gasteiger partial charge on any atom is -0.426 e. The number of benzene rings is 1. The molecular weight excluding hydrogens is 685 g/mol. The highest BCUT2D eigenvalue weighted by Gasteiger charge is 2.76. The Labute approximate surface area is 317 Å². The molecule has 1 aliphatic heterocycles. The lowest BCUT2D eigenvalue weighted by Gasteiger charge is -2.60. The van der Waals surface area contributed by atoms with Gasteiger partial charge in [0.15, 0.2) is 26.0 Å². The number of aliphatic hydroxyl groups is 1. The molecule has 10 heteroatoms. The zero-order valence-electron chi connectivity index (χ0n) is 33.9. The number of nitrogens with zero attached hydrogens (tertiary/aromatic N) is 2. The van der Waals surface area contributed by atoms with Crippen LogP contribution in [-0.2, 0) is 29.9 Å². The van der Waals surface area contributed by atoms with Gasteiger partial charge in [-0.15, -0.1) is 0 Å². The van der Waals surface area contributed by atoms with E-state index in [1.165, 1.54) is 5.57 Å². The smallest absolute Gasteiger partial charge is 0.316 e. The molecule has 290 valence electrons. The molecule has 2 heterocycles. The van der Waals surface area contributed by atoms with Crippen molar-refractivity contribution in [2.24, 2.45) is 34.0 Å². The van der Waals surface area contributed by atoms with Crippen LogP contribution in [0, 0.1) is 34.0 Å². The van der Waals surface area contributed by atoms with Gasteiger partial charge in [-0.05, 0) is 137 Å². The van der Waals surface area contributed by atoms with E-state index in [1.807, 2.05) is 55.9 Å². The van der Waals surface area contributed by atoms with Crippen LogP contribution >= 0.6 is 0 Å². The lowest BCUT2D eigenvalue weighted by Crippen LogP contribution is -2.64. The molecule has 9 atom stereocenters. The standard InChI is InChI=1S/C43H62N2O7Si/c1-12-13-36-51-35-21-31-30-19-14-27-20-32-26(24-44-45(32)28-15-17-29(18-16-28)50-38(48)39(2,3)4)22-41(27,8)37(30)33(46)23-42(31,9)43(35,52-36)34(47)25-49-53(10,11)40(5,6)7/h15-18,20,24,30-31,33,35-37,46H,12-14,19,21-23,25H2,1-11H3/t30-,31-,33-,35+,36?,37+,41-,42-,43+/m0/s1. The van der Waals surface area contributed by atoms with E-state index in [1.54, 1.807) is 0 Å². The van der Waals surface area contributed by atoms with Crippen LogP contribution in [0.15, 0.2) is 36.0 Å². The first-order valence-electron chi connectivity index (χ1n) is 20.0. The Bertz CT molecular complexity index is 1790. The first-order valence-corrected chi connectivity index (χ1v) is 22.9. The van der Waals surface area contributed by atoms with E-state index in [2.05, 4.69) is 60.7 Å². The van der Waals surface area contributed by atoms with Gasteiger partial charge in [-0.1, -0.05) is 53.5 Å². The largest absolute Gasteiger partial charge is 0.426 e. The number of esters is 1. The van der Waals surface area contributed by atoms with Crippen molar-refractivity contribution in [1.29, 1.82) is 0 Å². The number of hydrogen-bond donors (Lipinski definition) is 1. The number of rotatable bonds is 8. The Morgan fingerprint density at radius 1 is 1.09 bits per heavy atom. The molecule has 2 aromatic rings. The molecule has 4 aliphatic carbocycles. The van der Waals surface area contributed by atoms with Crippen LogP contribution in [0.2, 0.25) is 18.1 Å². The van der Waals surface area contributed by atoms with Gasteiger partial charge in [-0.2, -0.15) is 5.10 Å². The first-order chi connectivity index (χ1) is 24.7. The molecule has 5 aliphatic rings. The highest BCUT2D eigenvalue weighted by atomic mass is 28.4. The maximum atomic E-state index is 14.7. The van der Waals surface area contributed by atoms with Gasteiger partial charge >= 0.3 is 5.97 Å². The number of fused-ring (bicyclic) bond motifs is 8. The zero-order valence-corrected chi connectivity index (χ0v) is 34.9. The molecule has 53 heavy (non-hydrogen) atoms. The van der Waals surface area contributed by atoms with Crippen molar-refractivity contribution in [1.82, 2.24) is 9.78 Å². The van der Waals surface area contributed by atoms with E-state index < -0.39 is 37.1 Å². The van der Waals surface area contributed by atoms with Gasteiger partial charge in [0.05, 0.1) is 41.8 Å². The number of ether oxygens (including phenoxy) is 3. The molecule has 9 nitrogen and oxygen atoms in total. The fraction of sp³-hybridized carbons (Fsp3) is 0.698. The van der Waals surface area contributed by atoms with E-state index in [0.29, 0.717) is 12.2 Å². The minimum atomic E-state index is -2.20. The topological polar surface area (TPSA) is 109 Å². The van der Waals surface area contributed by atoms with Crippen LogP contribution in [0.4, 0.5) is 0 Å². The summed E-state index contributed by atoms with van der Waals surface area (Å²) in [7, 11) is -2.20. The summed E-state index contributed by atoms with van der Waals surface area (Å²) in [4.78, 5) is 27.2. The fourth-order valence-corrected chi connectivity index (χ4v) is 11.5. The highest BCUT2D eigenvalue weighted by molar-refractivity contribution is 6.74. The molecule has 0 amide bonds. The SMILES string of the molecule is CCCC1O[C@@H]2C[C@H]3[C@@H]4CCC5=Cc6c(cnn6-c6ccc(OC(=O)C(C)(C)C)cc6)C[C@]5(C)[C@H]4[C@@H](O)C[C@]3(C)[C@]2(C(=O)CO[Si](C)(C)C(C)(C)C)O1. The molecule has 7 rings (SSSR count). The third-order valence-electron chi connectivity index (χ3n) is 14.4. The molecule has 4 fully saturated rings. The van der Waals surface area contributed by atoms with Gasteiger partial charge in [-0.3, -0.25) is 9.59 Å². The Balaban J connectivity index is 1.16. The summed E-state index contributed by atoms with van der Waals surface area (Å²) in [6, 6.07) is 7.52. The van der Waals surface area contributed by atoms with Crippen LogP contribution in [0.25, 0.3) is 11.8 Å². The van der Waals surface area contributed by atoms with Gasteiger partial charge < -0.3 is 23.7 Å². The Morgan fingerprint density at radius 3 is 2.43 bits per heavy atom. The lowest BCUT2D eigenvalue weighted by molar-refractivity contribution is -0.202. The molecule has 1 unspecified atom stereocenters. The normalized spacial score (nSPS) is 35.1.